The number of hydrogen-bond acceptors (Lipinski definition) is 2. The van der Waals surface area contributed by atoms with Crippen molar-refractivity contribution >= 4 is 35.0 Å². The monoisotopic (exact) mass is 236 g/mol. The highest BCUT2D eigenvalue weighted by Gasteiger charge is 2.16. The van der Waals surface area contributed by atoms with Crippen molar-refractivity contribution in [3.05, 3.63) is 25.3 Å². The zero-order chi connectivity index (χ0) is 11.1. The van der Waals surface area contributed by atoms with Gasteiger partial charge in [-0.15, -0.1) is 0 Å². The van der Waals surface area contributed by atoms with Gasteiger partial charge in [-0.2, -0.15) is 0 Å². The average Bonchev–Trinajstić information content (AvgIpc) is 2.17. The van der Waals surface area contributed by atoms with E-state index in [1.807, 2.05) is 0 Å². The van der Waals surface area contributed by atoms with Gasteiger partial charge in [0.25, 0.3) is 0 Å². The molecule has 0 aliphatic carbocycles. The lowest BCUT2D eigenvalue weighted by molar-refractivity contribution is -0.139. The van der Waals surface area contributed by atoms with Gasteiger partial charge in [0.05, 0.1) is 0 Å². The third-order valence-electron chi connectivity index (χ3n) is 1.16. The molecular weight excluding hydrogens is 227 g/mol. The first-order chi connectivity index (χ1) is 6.51. The molecule has 2 atom stereocenters. The largest absolute Gasteiger partial charge is 0.328 e. The number of amides is 2. The topological polar surface area (TPSA) is 58.2 Å². The minimum atomic E-state index is -0.877. The van der Waals surface area contributed by atoms with Crippen LogP contribution in [0.15, 0.2) is 25.3 Å². The van der Waals surface area contributed by atoms with Crippen molar-refractivity contribution < 1.29 is 9.59 Å². The van der Waals surface area contributed by atoms with Crippen LogP contribution < -0.4 is 10.6 Å². The molecule has 6 heteroatoms. The molecule has 0 spiro atoms. The molecule has 0 bridgehead atoms. The molecule has 78 valence electrons. The fraction of sp³-hybridized carbons (Fsp3) is 0.250. The Hall–Kier alpha value is -1.00. The van der Waals surface area contributed by atoms with Gasteiger partial charge < -0.3 is 10.6 Å². The molecule has 0 aliphatic rings. The summed E-state index contributed by atoms with van der Waals surface area (Å²) in [5, 5.41) is 4.32. The van der Waals surface area contributed by atoms with Crippen molar-refractivity contribution in [1.29, 1.82) is 0 Å². The second-order valence-corrected chi connectivity index (χ2v) is 3.16. The van der Waals surface area contributed by atoms with Gasteiger partial charge in [-0.3, -0.25) is 9.59 Å². The molecule has 2 N–H and O–H groups in total. The Morgan fingerprint density at radius 2 is 1.29 bits per heavy atom. The molecule has 0 saturated carbocycles. The third kappa shape index (κ3) is 4.89. The fourth-order valence-electron chi connectivity index (χ4n) is 0.499. The minimum Gasteiger partial charge on any atom is -0.328 e. The second kappa shape index (κ2) is 6.45. The number of nitrogens with one attached hydrogen (secondary N) is 2. The molecular formula is C8H10Cl2N2O2. The second-order valence-electron chi connectivity index (χ2n) is 2.22. The van der Waals surface area contributed by atoms with E-state index in [1.54, 1.807) is 0 Å². The smallest absolute Gasteiger partial charge is 0.310 e. The van der Waals surface area contributed by atoms with Crippen molar-refractivity contribution in [2.45, 2.75) is 11.0 Å². The van der Waals surface area contributed by atoms with Crippen LogP contribution in [-0.4, -0.2) is 22.8 Å². The molecule has 0 rings (SSSR count). The summed E-state index contributed by atoms with van der Waals surface area (Å²) < 4.78 is 0. The van der Waals surface area contributed by atoms with E-state index in [9.17, 15) is 9.59 Å². The molecule has 14 heavy (non-hydrogen) atoms. The molecule has 0 aromatic carbocycles. The highest BCUT2D eigenvalue weighted by atomic mass is 35.5. The standard InChI is InChI=1S/C8H10Cl2N2O2/c1-3-5(9)11-7(13)8(14)12-6(10)4-2/h3-6H,1-2H2,(H,11,13)(H,12,14). The summed E-state index contributed by atoms with van der Waals surface area (Å²) in [5.41, 5.74) is -1.57. The normalized spacial score (nSPS) is 13.6. The molecule has 0 fully saturated rings. The summed E-state index contributed by atoms with van der Waals surface area (Å²) in [6.07, 6.45) is 2.55. The summed E-state index contributed by atoms with van der Waals surface area (Å²) >= 11 is 11.0. The van der Waals surface area contributed by atoms with E-state index in [4.69, 9.17) is 23.2 Å². The summed E-state index contributed by atoms with van der Waals surface area (Å²) in [5.74, 6) is -1.75. The molecule has 0 aliphatic heterocycles. The van der Waals surface area contributed by atoms with Gasteiger partial charge >= 0.3 is 11.8 Å². The Balaban J connectivity index is 4.06. The maximum atomic E-state index is 11.0. The number of alkyl halides is 2. The molecule has 0 heterocycles. The Morgan fingerprint density at radius 3 is 1.50 bits per heavy atom. The summed E-state index contributed by atoms with van der Waals surface area (Å²) in [6.45, 7) is 6.66. The van der Waals surface area contributed by atoms with E-state index in [0.29, 0.717) is 0 Å². The predicted molar refractivity (Wildman–Crippen MR) is 56.0 cm³/mol. The van der Waals surface area contributed by atoms with Crippen LogP contribution >= 0.6 is 23.2 Å². The number of rotatable bonds is 4. The van der Waals surface area contributed by atoms with Crippen molar-refractivity contribution in [1.82, 2.24) is 10.6 Å². The lowest BCUT2D eigenvalue weighted by Crippen LogP contribution is -2.44. The van der Waals surface area contributed by atoms with Crippen LogP contribution in [0.4, 0.5) is 0 Å². The summed E-state index contributed by atoms with van der Waals surface area (Å²) in [4.78, 5) is 22.0. The first-order valence-electron chi connectivity index (χ1n) is 3.66. The maximum Gasteiger partial charge on any atom is 0.310 e. The number of hydrogen-bond donors (Lipinski definition) is 2. The van der Waals surface area contributed by atoms with E-state index in [1.165, 1.54) is 12.2 Å². The zero-order valence-electron chi connectivity index (χ0n) is 7.30. The molecule has 0 saturated heterocycles. The van der Waals surface area contributed by atoms with Crippen LogP contribution in [0.1, 0.15) is 0 Å². The van der Waals surface area contributed by atoms with Crippen LogP contribution in [-0.2, 0) is 9.59 Å². The maximum absolute atomic E-state index is 11.0. The van der Waals surface area contributed by atoms with E-state index in [0.717, 1.165) is 0 Å². The Kier molecular flexibility index (Phi) is 5.99. The van der Waals surface area contributed by atoms with Crippen LogP contribution in [0.25, 0.3) is 0 Å². The van der Waals surface area contributed by atoms with Crippen molar-refractivity contribution in [3.63, 3.8) is 0 Å². The van der Waals surface area contributed by atoms with Crippen LogP contribution in [0, 0.1) is 0 Å². The molecule has 4 nitrogen and oxygen atoms in total. The molecule has 2 amide bonds. The van der Waals surface area contributed by atoms with Crippen molar-refractivity contribution in [3.8, 4) is 0 Å². The van der Waals surface area contributed by atoms with Crippen LogP contribution in [0.3, 0.4) is 0 Å². The van der Waals surface area contributed by atoms with Gasteiger partial charge in [0.15, 0.2) is 0 Å². The minimum absolute atomic E-state index is 0.786. The zero-order valence-corrected chi connectivity index (χ0v) is 8.81. The molecule has 2 unspecified atom stereocenters. The SMILES string of the molecule is C=CC(Cl)NC(=O)C(=O)NC(Cl)C=C. The molecule has 0 aromatic rings. The Bertz CT molecular complexity index is 230. The Labute approximate surface area is 91.9 Å². The predicted octanol–water partition coefficient (Wildman–Crippen LogP) is 0.721. The van der Waals surface area contributed by atoms with Crippen LogP contribution in [0.2, 0.25) is 0 Å². The van der Waals surface area contributed by atoms with Gasteiger partial charge in [0.1, 0.15) is 11.0 Å². The first-order valence-corrected chi connectivity index (χ1v) is 4.53. The average molecular weight is 237 g/mol. The molecule has 0 aromatic heterocycles. The molecule has 0 radical (unpaired) electrons. The van der Waals surface area contributed by atoms with Crippen molar-refractivity contribution in [2.24, 2.45) is 0 Å². The summed E-state index contributed by atoms with van der Waals surface area (Å²) in [6, 6.07) is 0. The van der Waals surface area contributed by atoms with Gasteiger partial charge in [-0.05, 0) is 0 Å². The van der Waals surface area contributed by atoms with E-state index in [2.05, 4.69) is 23.8 Å². The van der Waals surface area contributed by atoms with Gasteiger partial charge in [-0.25, -0.2) is 0 Å². The fourth-order valence-corrected chi connectivity index (χ4v) is 0.698. The Morgan fingerprint density at radius 1 is 1.00 bits per heavy atom. The van der Waals surface area contributed by atoms with E-state index >= 15 is 0 Å². The van der Waals surface area contributed by atoms with E-state index < -0.39 is 22.8 Å². The third-order valence-corrected chi connectivity index (χ3v) is 1.73. The van der Waals surface area contributed by atoms with Crippen molar-refractivity contribution in [2.75, 3.05) is 0 Å². The highest BCUT2D eigenvalue weighted by molar-refractivity contribution is 6.38. The van der Waals surface area contributed by atoms with Gasteiger partial charge in [0.2, 0.25) is 0 Å². The van der Waals surface area contributed by atoms with Crippen LogP contribution in [0.5, 0.6) is 0 Å². The van der Waals surface area contributed by atoms with Gasteiger partial charge in [-0.1, -0.05) is 48.5 Å². The lowest BCUT2D eigenvalue weighted by Gasteiger charge is -2.09. The van der Waals surface area contributed by atoms with E-state index in [-0.39, 0.29) is 0 Å². The number of halogens is 2. The summed E-state index contributed by atoms with van der Waals surface area (Å²) in [7, 11) is 0. The number of carbonyl (C=O) groups is 2. The highest BCUT2D eigenvalue weighted by Crippen LogP contribution is 1.93. The quantitative estimate of drug-likeness (QED) is 0.327. The lowest BCUT2D eigenvalue weighted by atomic mass is 10.5. The number of carbonyl (C=O) groups excluding carboxylic acids is 2. The first kappa shape index (κ1) is 13.0. The van der Waals surface area contributed by atoms with Gasteiger partial charge in [0, 0.05) is 0 Å².